The smallest absolute Gasteiger partial charge is 0.305 e. The Balaban J connectivity index is 3.37. The van der Waals surface area contributed by atoms with Gasteiger partial charge in [0.15, 0.2) is 0 Å². The van der Waals surface area contributed by atoms with E-state index in [9.17, 15) is 19.8 Å². The summed E-state index contributed by atoms with van der Waals surface area (Å²) in [6, 6.07) is -0.541. The summed E-state index contributed by atoms with van der Waals surface area (Å²) in [5.41, 5.74) is 0. The van der Waals surface area contributed by atoms with Gasteiger partial charge < -0.3 is 20.3 Å². The minimum absolute atomic E-state index is 0.0120. The monoisotopic (exact) mass is 1190 g/mol. The number of aliphatic hydroxyl groups is 2. The van der Waals surface area contributed by atoms with Crippen molar-refractivity contribution in [2.75, 3.05) is 13.2 Å². The van der Waals surface area contributed by atoms with E-state index in [1.807, 2.05) is 0 Å². The number of nitrogens with one attached hydrogen (secondary N) is 1. The van der Waals surface area contributed by atoms with Crippen LogP contribution >= 0.6 is 0 Å². The topological polar surface area (TPSA) is 95.9 Å². The molecule has 85 heavy (non-hydrogen) atoms. The minimum Gasteiger partial charge on any atom is -0.466 e. The Morgan fingerprint density at radius 1 is 0.329 bits per heavy atom. The molecule has 0 aromatic heterocycles. The Kier molecular flexibility index (Phi) is 72.9. The molecule has 6 nitrogen and oxygen atoms in total. The summed E-state index contributed by atoms with van der Waals surface area (Å²) in [6.07, 6.45) is 96.5. The molecule has 0 bridgehead atoms. The summed E-state index contributed by atoms with van der Waals surface area (Å²) in [5.74, 6) is -0.0174. The second-order valence-corrected chi connectivity index (χ2v) is 26.7. The SMILES string of the molecule is CCCCCCCCC/C=C\CCCCCCCCCC(=O)OCCCCCCCCCCC/C=C\C/C=C\CCCCCCCCCCCCCCCCCCCC(=O)NC(CO)C(O)CCCCCCCCCCCCCCCCCCC. The van der Waals surface area contributed by atoms with Gasteiger partial charge in [-0.2, -0.15) is 0 Å². The molecule has 0 aliphatic heterocycles. The number of carbonyl (C=O) groups is 2. The molecule has 0 saturated heterocycles. The zero-order valence-electron chi connectivity index (χ0n) is 57.6. The number of aliphatic hydroxyl groups excluding tert-OH is 2. The van der Waals surface area contributed by atoms with Crippen LogP contribution in [-0.4, -0.2) is 47.4 Å². The first-order valence-electron chi connectivity index (χ1n) is 38.7. The van der Waals surface area contributed by atoms with Crippen LogP contribution in [0.4, 0.5) is 0 Å². The molecule has 0 spiro atoms. The lowest BCUT2D eigenvalue weighted by atomic mass is 10.0. The van der Waals surface area contributed by atoms with Gasteiger partial charge in [-0.15, -0.1) is 0 Å². The largest absolute Gasteiger partial charge is 0.466 e. The Hall–Kier alpha value is -1.92. The maximum Gasteiger partial charge on any atom is 0.305 e. The zero-order valence-corrected chi connectivity index (χ0v) is 57.6. The number of allylic oxidation sites excluding steroid dienone is 6. The molecule has 2 atom stereocenters. The fourth-order valence-electron chi connectivity index (χ4n) is 12.3. The van der Waals surface area contributed by atoms with Crippen LogP contribution in [0, 0.1) is 0 Å². The van der Waals surface area contributed by atoms with Gasteiger partial charge in [0, 0.05) is 12.8 Å². The van der Waals surface area contributed by atoms with E-state index in [1.165, 1.54) is 347 Å². The normalized spacial score (nSPS) is 12.7. The summed E-state index contributed by atoms with van der Waals surface area (Å²) in [6.45, 7) is 4.99. The van der Waals surface area contributed by atoms with E-state index < -0.39 is 12.1 Å². The van der Waals surface area contributed by atoms with Crippen molar-refractivity contribution in [3.05, 3.63) is 36.5 Å². The van der Waals surface area contributed by atoms with E-state index in [-0.39, 0.29) is 18.5 Å². The first kappa shape index (κ1) is 83.1. The molecule has 0 fully saturated rings. The molecule has 0 aliphatic carbocycles. The predicted octanol–water partition coefficient (Wildman–Crippen LogP) is 25.4. The van der Waals surface area contributed by atoms with Crippen molar-refractivity contribution < 1.29 is 24.5 Å². The maximum absolute atomic E-state index is 12.5. The van der Waals surface area contributed by atoms with E-state index >= 15 is 0 Å². The molecule has 3 N–H and O–H groups in total. The van der Waals surface area contributed by atoms with E-state index in [0.29, 0.717) is 25.9 Å². The summed E-state index contributed by atoms with van der Waals surface area (Å²) in [5, 5.41) is 23.4. The molecular formula is C79H151NO5. The summed E-state index contributed by atoms with van der Waals surface area (Å²) < 4.78 is 5.51. The Morgan fingerprint density at radius 2 is 0.588 bits per heavy atom. The van der Waals surface area contributed by atoms with E-state index in [0.717, 1.165) is 51.4 Å². The molecule has 0 rings (SSSR count). The highest BCUT2D eigenvalue weighted by Gasteiger charge is 2.20. The van der Waals surface area contributed by atoms with Gasteiger partial charge in [0.25, 0.3) is 0 Å². The van der Waals surface area contributed by atoms with Crippen molar-refractivity contribution in [3.63, 3.8) is 0 Å². The Bertz CT molecular complexity index is 1380. The van der Waals surface area contributed by atoms with Crippen LogP contribution in [0.5, 0.6) is 0 Å². The van der Waals surface area contributed by atoms with Crippen molar-refractivity contribution >= 4 is 11.9 Å². The molecule has 502 valence electrons. The van der Waals surface area contributed by atoms with Crippen LogP contribution in [0.3, 0.4) is 0 Å². The first-order valence-corrected chi connectivity index (χ1v) is 38.7. The number of carbonyl (C=O) groups excluding carboxylic acids is 2. The van der Waals surface area contributed by atoms with Gasteiger partial charge in [0.1, 0.15) is 0 Å². The number of esters is 1. The highest BCUT2D eigenvalue weighted by atomic mass is 16.5. The van der Waals surface area contributed by atoms with Gasteiger partial charge in [0.2, 0.25) is 5.91 Å². The molecule has 2 unspecified atom stereocenters. The maximum atomic E-state index is 12.5. The Labute approximate surface area is 532 Å². The second-order valence-electron chi connectivity index (χ2n) is 26.7. The van der Waals surface area contributed by atoms with E-state index in [1.54, 1.807) is 0 Å². The molecule has 6 heteroatoms. The van der Waals surface area contributed by atoms with Crippen molar-refractivity contribution in [2.24, 2.45) is 0 Å². The lowest BCUT2D eigenvalue weighted by molar-refractivity contribution is -0.143. The van der Waals surface area contributed by atoms with Crippen LogP contribution in [0.25, 0.3) is 0 Å². The molecular weight excluding hydrogens is 1040 g/mol. The molecule has 1 amide bonds. The summed E-state index contributed by atoms with van der Waals surface area (Å²) in [7, 11) is 0. The van der Waals surface area contributed by atoms with Crippen molar-refractivity contribution in [3.8, 4) is 0 Å². The van der Waals surface area contributed by atoms with E-state index in [4.69, 9.17) is 4.74 Å². The van der Waals surface area contributed by atoms with Crippen LogP contribution in [0.15, 0.2) is 36.5 Å². The second kappa shape index (κ2) is 74.5. The number of hydrogen-bond donors (Lipinski definition) is 3. The van der Waals surface area contributed by atoms with Gasteiger partial charge in [-0.25, -0.2) is 0 Å². The molecule has 0 radical (unpaired) electrons. The average molecular weight is 1200 g/mol. The third kappa shape index (κ3) is 71.0. The minimum atomic E-state index is -0.664. The first-order chi connectivity index (χ1) is 42.0. The number of unbranched alkanes of at least 4 members (excludes halogenated alkanes) is 56. The average Bonchev–Trinajstić information content (AvgIpc) is 3.50. The van der Waals surface area contributed by atoms with E-state index in [2.05, 4.69) is 55.6 Å². The van der Waals surface area contributed by atoms with Gasteiger partial charge in [0.05, 0.1) is 25.4 Å². The molecule has 0 saturated carbocycles. The third-order valence-corrected chi connectivity index (χ3v) is 18.2. The van der Waals surface area contributed by atoms with Gasteiger partial charge in [-0.3, -0.25) is 9.59 Å². The quantitative estimate of drug-likeness (QED) is 0.0320. The fourth-order valence-corrected chi connectivity index (χ4v) is 12.3. The van der Waals surface area contributed by atoms with Crippen molar-refractivity contribution in [2.45, 2.75) is 443 Å². The number of rotatable bonds is 73. The van der Waals surface area contributed by atoms with Gasteiger partial charge in [-0.05, 0) is 83.5 Å². The van der Waals surface area contributed by atoms with Crippen LogP contribution in [-0.2, 0) is 14.3 Å². The molecule has 0 aromatic carbocycles. The molecule has 0 aromatic rings. The third-order valence-electron chi connectivity index (χ3n) is 18.2. The lowest BCUT2D eigenvalue weighted by Gasteiger charge is -2.22. The standard InChI is InChI=1S/C79H151NO5/c1-3-5-7-9-11-13-15-17-19-21-41-45-49-53-57-61-65-69-73-79(84)85-74-70-66-62-58-54-50-46-42-38-36-34-32-30-28-26-24-22-23-25-27-29-31-33-35-37-40-44-48-52-56-60-64-68-72-78(83)80-76(75-81)77(82)71-67-63-59-55-51-47-43-39-20-18-16-14-12-10-8-6-4-2/h19,21,26,28,32,34,76-77,81-82H,3-18,20,22-25,27,29-31,33,35-75H2,1-2H3,(H,80,83)/b21-19-,28-26-,34-32-. The van der Waals surface area contributed by atoms with Crippen LogP contribution in [0.2, 0.25) is 0 Å². The molecule has 0 aliphatic rings. The van der Waals surface area contributed by atoms with Crippen LogP contribution in [0.1, 0.15) is 431 Å². The zero-order chi connectivity index (χ0) is 61.3. The van der Waals surface area contributed by atoms with Crippen LogP contribution < -0.4 is 5.32 Å². The molecule has 0 heterocycles. The highest BCUT2D eigenvalue weighted by molar-refractivity contribution is 5.76. The van der Waals surface area contributed by atoms with Crippen molar-refractivity contribution in [1.82, 2.24) is 5.32 Å². The van der Waals surface area contributed by atoms with Gasteiger partial charge in [-0.1, -0.05) is 371 Å². The number of hydrogen-bond acceptors (Lipinski definition) is 5. The number of ether oxygens (including phenoxy) is 1. The predicted molar refractivity (Wildman–Crippen MR) is 375 cm³/mol. The Morgan fingerprint density at radius 3 is 0.906 bits per heavy atom. The van der Waals surface area contributed by atoms with Crippen molar-refractivity contribution in [1.29, 1.82) is 0 Å². The summed E-state index contributed by atoms with van der Waals surface area (Å²) in [4.78, 5) is 24.6. The lowest BCUT2D eigenvalue weighted by Crippen LogP contribution is -2.45. The number of amides is 1. The highest BCUT2D eigenvalue weighted by Crippen LogP contribution is 2.19. The fraction of sp³-hybridized carbons (Fsp3) is 0.899. The van der Waals surface area contributed by atoms with Gasteiger partial charge >= 0.3 is 5.97 Å². The summed E-state index contributed by atoms with van der Waals surface area (Å²) >= 11 is 0.